The van der Waals surface area contributed by atoms with Crippen molar-refractivity contribution in [2.24, 2.45) is 0 Å². The van der Waals surface area contributed by atoms with Crippen LogP contribution in [0.5, 0.6) is 5.75 Å². The normalized spacial score (nSPS) is 14.5. The van der Waals surface area contributed by atoms with Gasteiger partial charge < -0.3 is 20.2 Å². The summed E-state index contributed by atoms with van der Waals surface area (Å²) in [5, 5.41) is 14.8. The van der Waals surface area contributed by atoms with E-state index in [1.807, 2.05) is 31.3 Å². The van der Waals surface area contributed by atoms with Crippen LogP contribution in [0.15, 0.2) is 36.5 Å². The number of nitrogens with one attached hydrogen (secondary N) is 1. The summed E-state index contributed by atoms with van der Waals surface area (Å²) in [6.07, 6.45) is 1.83. The number of anilines is 2. The van der Waals surface area contributed by atoms with E-state index in [2.05, 4.69) is 15.2 Å². The van der Waals surface area contributed by atoms with Gasteiger partial charge in [-0.3, -0.25) is 4.98 Å². The summed E-state index contributed by atoms with van der Waals surface area (Å²) in [6.45, 7) is 3.58. The number of aromatic nitrogens is 1. The first-order chi connectivity index (χ1) is 13.5. The summed E-state index contributed by atoms with van der Waals surface area (Å²) in [5.41, 5.74) is 3.31. The number of nitrogens with zero attached hydrogens (tertiary/aromatic N) is 3. The number of pyridine rings is 1. The lowest BCUT2D eigenvalue weighted by Gasteiger charge is -2.33. The van der Waals surface area contributed by atoms with Crippen LogP contribution in [0.4, 0.5) is 15.8 Å². The minimum Gasteiger partial charge on any atom is -0.507 e. The van der Waals surface area contributed by atoms with Crippen LogP contribution < -0.4 is 15.1 Å². The van der Waals surface area contributed by atoms with Gasteiger partial charge >= 0.3 is 0 Å². The minimum atomic E-state index is -0.520. The molecule has 3 aromatic rings. The van der Waals surface area contributed by atoms with Gasteiger partial charge in [-0.15, -0.1) is 0 Å². The molecule has 4 rings (SSSR count). The molecule has 28 heavy (non-hydrogen) atoms. The van der Waals surface area contributed by atoms with E-state index >= 15 is 0 Å². The molecule has 146 valence electrons. The number of benzene rings is 2. The van der Waals surface area contributed by atoms with Gasteiger partial charge in [0.25, 0.3) is 0 Å². The highest BCUT2D eigenvalue weighted by molar-refractivity contribution is 6.34. The van der Waals surface area contributed by atoms with Crippen LogP contribution in [-0.2, 0) is 0 Å². The van der Waals surface area contributed by atoms with Gasteiger partial charge in [0, 0.05) is 56.2 Å². The molecule has 1 saturated heterocycles. The number of aromatic hydroxyl groups is 1. The Morgan fingerprint density at radius 2 is 1.96 bits per heavy atom. The second-order valence-electron chi connectivity index (χ2n) is 7.11. The SMILES string of the molecule is CN(C)c1cnc2cc(-c3c(O)cccc3F)c(Cl)cc2c1N1CCNCC1. The fourth-order valence-corrected chi connectivity index (χ4v) is 3.97. The highest BCUT2D eigenvalue weighted by Crippen LogP contribution is 2.42. The number of phenols is 1. The van der Waals surface area contributed by atoms with Crippen molar-refractivity contribution in [2.75, 3.05) is 50.1 Å². The molecule has 0 atom stereocenters. The average Bonchev–Trinajstić information content (AvgIpc) is 2.68. The standard InChI is InChI=1S/C21H22ClFN4O/c1-26(2)18-12-25-17-11-13(20-16(23)4-3-5-19(20)28)15(22)10-14(17)21(18)27-8-6-24-7-9-27/h3-5,10-12,24,28H,6-9H2,1-2H3. The van der Waals surface area contributed by atoms with Crippen molar-refractivity contribution >= 4 is 33.9 Å². The zero-order valence-corrected chi connectivity index (χ0v) is 16.6. The lowest BCUT2D eigenvalue weighted by molar-refractivity contribution is 0.472. The van der Waals surface area contributed by atoms with Crippen molar-refractivity contribution < 1.29 is 9.50 Å². The van der Waals surface area contributed by atoms with Crippen molar-refractivity contribution in [1.29, 1.82) is 0 Å². The summed E-state index contributed by atoms with van der Waals surface area (Å²) >= 11 is 6.57. The fraction of sp³-hybridized carbons (Fsp3) is 0.286. The van der Waals surface area contributed by atoms with Gasteiger partial charge in [0.05, 0.1) is 28.7 Å². The molecule has 0 unspecified atom stereocenters. The van der Waals surface area contributed by atoms with Crippen molar-refractivity contribution in [2.45, 2.75) is 0 Å². The summed E-state index contributed by atoms with van der Waals surface area (Å²) in [5.74, 6) is -0.665. The first-order valence-corrected chi connectivity index (χ1v) is 9.58. The number of halogens is 2. The molecular weight excluding hydrogens is 379 g/mol. The van der Waals surface area contributed by atoms with Crippen molar-refractivity contribution in [1.82, 2.24) is 10.3 Å². The van der Waals surface area contributed by atoms with E-state index in [-0.39, 0.29) is 11.3 Å². The van der Waals surface area contributed by atoms with Gasteiger partial charge in [-0.1, -0.05) is 17.7 Å². The van der Waals surface area contributed by atoms with E-state index in [0.29, 0.717) is 16.1 Å². The quantitative estimate of drug-likeness (QED) is 0.698. The molecule has 1 fully saturated rings. The van der Waals surface area contributed by atoms with E-state index in [9.17, 15) is 9.50 Å². The maximum atomic E-state index is 14.4. The zero-order chi connectivity index (χ0) is 19.8. The Labute approximate surface area is 168 Å². The molecule has 7 heteroatoms. The van der Waals surface area contributed by atoms with Gasteiger partial charge in [-0.05, 0) is 24.3 Å². The van der Waals surface area contributed by atoms with E-state index in [1.165, 1.54) is 18.2 Å². The summed E-state index contributed by atoms with van der Waals surface area (Å²) in [7, 11) is 3.98. The lowest BCUT2D eigenvalue weighted by Crippen LogP contribution is -2.44. The average molecular weight is 401 g/mol. The largest absolute Gasteiger partial charge is 0.507 e. The molecule has 0 amide bonds. The van der Waals surface area contributed by atoms with E-state index in [4.69, 9.17) is 11.6 Å². The topological polar surface area (TPSA) is 51.6 Å². The number of fused-ring (bicyclic) bond motifs is 1. The van der Waals surface area contributed by atoms with Gasteiger partial charge in [0.1, 0.15) is 11.6 Å². The highest BCUT2D eigenvalue weighted by Gasteiger charge is 2.22. The predicted molar refractivity (Wildman–Crippen MR) is 113 cm³/mol. The second kappa shape index (κ2) is 7.45. The first kappa shape index (κ1) is 18.8. The third-order valence-electron chi connectivity index (χ3n) is 5.09. The Bertz CT molecular complexity index is 1010. The Hall–Kier alpha value is -2.57. The predicted octanol–water partition coefficient (Wildman–Crippen LogP) is 3.88. The fourth-order valence-electron chi connectivity index (χ4n) is 3.71. The molecule has 0 radical (unpaired) electrons. The second-order valence-corrected chi connectivity index (χ2v) is 7.51. The molecule has 0 bridgehead atoms. The molecule has 1 aliphatic heterocycles. The molecule has 2 aromatic carbocycles. The molecular formula is C21H22ClFN4O. The monoisotopic (exact) mass is 400 g/mol. The summed E-state index contributed by atoms with van der Waals surface area (Å²) in [6, 6.07) is 7.81. The highest BCUT2D eigenvalue weighted by atomic mass is 35.5. The molecule has 0 spiro atoms. The van der Waals surface area contributed by atoms with Gasteiger partial charge in [-0.25, -0.2) is 4.39 Å². The summed E-state index contributed by atoms with van der Waals surface area (Å²) in [4.78, 5) is 8.96. The molecule has 0 aliphatic carbocycles. The van der Waals surface area contributed by atoms with Gasteiger partial charge in [-0.2, -0.15) is 0 Å². The maximum Gasteiger partial charge on any atom is 0.134 e. The number of hydrogen-bond acceptors (Lipinski definition) is 5. The third-order valence-corrected chi connectivity index (χ3v) is 5.40. The minimum absolute atomic E-state index is 0.0941. The van der Waals surface area contributed by atoms with Crippen molar-refractivity contribution in [3.05, 3.63) is 47.4 Å². The first-order valence-electron chi connectivity index (χ1n) is 9.20. The molecule has 5 nitrogen and oxygen atoms in total. The Morgan fingerprint density at radius 1 is 1.21 bits per heavy atom. The van der Waals surface area contributed by atoms with Crippen LogP contribution in [0, 0.1) is 5.82 Å². The van der Waals surface area contributed by atoms with Crippen LogP contribution in [0.2, 0.25) is 5.02 Å². The lowest BCUT2D eigenvalue weighted by atomic mass is 10.0. The molecule has 2 heterocycles. The van der Waals surface area contributed by atoms with Crippen molar-refractivity contribution in [3.8, 4) is 16.9 Å². The number of rotatable bonds is 3. The van der Waals surface area contributed by atoms with Crippen LogP contribution in [0.3, 0.4) is 0 Å². The zero-order valence-electron chi connectivity index (χ0n) is 15.8. The van der Waals surface area contributed by atoms with E-state index in [1.54, 1.807) is 6.07 Å². The molecule has 1 aliphatic rings. The smallest absolute Gasteiger partial charge is 0.134 e. The number of hydrogen-bond donors (Lipinski definition) is 2. The molecule has 0 saturated carbocycles. The molecule has 1 aromatic heterocycles. The maximum absolute atomic E-state index is 14.4. The van der Waals surface area contributed by atoms with Gasteiger partial charge in [0.15, 0.2) is 0 Å². The van der Waals surface area contributed by atoms with Crippen LogP contribution in [0.25, 0.3) is 22.0 Å². The Morgan fingerprint density at radius 3 is 2.64 bits per heavy atom. The summed E-state index contributed by atoms with van der Waals surface area (Å²) < 4.78 is 14.4. The number of phenolic OH excluding ortho intramolecular Hbond substituents is 1. The number of piperazine rings is 1. The van der Waals surface area contributed by atoms with E-state index in [0.717, 1.165) is 42.9 Å². The Balaban J connectivity index is 1.96. The van der Waals surface area contributed by atoms with E-state index < -0.39 is 5.82 Å². The molecule has 2 N–H and O–H groups in total. The van der Waals surface area contributed by atoms with Gasteiger partial charge in [0.2, 0.25) is 0 Å². The van der Waals surface area contributed by atoms with Crippen LogP contribution in [-0.4, -0.2) is 50.4 Å². The Kier molecular flexibility index (Phi) is 5.00. The van der Waals surface area contributed by atoms with Crippen molar-refractivity contribution in [3.63, 3.8) is 0 Å². The van der Waals surface area contributed by atoms with Crippen LogP contribution in [0.1, 0.15) is 0 Å². The third kappa shape index (κ3) is 3.23. The van der Waals surface area contributed by atoms with Crippen LogP contribution >= 0.6 is 11.6 Å².